The molecule has 2 aliphatic rings. The van der Waals surface area contributed by atoms with Crippen LogP contribution in [-0.2, 0) is 10.0 Å². The van der Waals surface area contributed by atoms with Crippen LogP contribution in [0, 0.1) is 5.92 Å². The standard InChI is InChI=1S/C15H22N2O2S/c16-13-7-9-14(10-8-13)20(18,19)17-11-3-5-12-4-1-2-6-15(12)17/h7-10,12,15H,1-6,11,16H2/t12-,15-/m1/s1. The molecule has 0 bridgehead atoms. The Morgan fingerprint density at radius 3 is 2.40 bits per heavy atom. The van der Waals surface area contributed by atoms with Crippen LogP contribution in [-0.4, -0.2) is 25.3 Å². The molecule has 5 heteroatoms. The Morgan fingerprint density at radius 2 is 1.65 bits per heavy atom. The monoisotopic (exact) mass is 294 g/mol. The molecule has 0 aromatic heterocycles. The van der Waals surface area contributed by atoms with Gasteiger partial charge in [0.05, 0.1) is 4.90 Å². The highest BCUT2D eigenvalue weighted by Gasteiger charge is 2.39. The number of anilines is 1. The first-order valence-electron chi connectivity index (χ1n) is 7.46. The summed E-state index contributed by atoms with van der Waals surface area (Å²) in [6.45, 7) is 0.661. The summed E-state index contributed by atoms with van der Waals surface area (Å²) >= 11 is 0. The predicted molar refractivity (Wildman–Crippen MR) is 79.7 cm³/mol. The van der Waals surface area contributed by atoms with Crippen molar-refractivity contribution < 1.29 is 8.42 Å². The van der Waals surface area contributed by atoms with E-state index < -0.39 is 10.0 Å². The molecule has 110 valence electrons. The Labute approximate surface area is 121 Å². The van der Waals surface area contributed by atoms with E-state index in [1.165, 1.54) is 19.3 Å². The molecule has 1 aliphatic carbocycles. The van der Waals surface area contributed by atoms with E-state index in [2.05, 4.69) is 0 Å². The molecule has 0 spiro atoms. The van der Waals surface area contributed by atoms with Crippen LogP contribution in [0.4, 0.5) is 5.69 Å². The fourth-order valence-corrected chi connectivity index (χ4v) is 5.41. The molecule has 1 aromatic carbocycles. The van der Waals surface area contributed by atoms with Crippen molar-refractivity contribution in [2.24, 2.45) is 5.92 Å². The summed E-state index contributed by atoms with van der Waals surface area (Å²) in [5.41, 5.74) is 6.24. The predicted octanol–water partition coefficient (Wildman–Crippen LogP) is 2.61. The molecular formula is C15H22N2O2S. The Morgan fingerprint density at radius 1 is 1.00 bits per heavy atom. The van der Waals surface area contributed by atoms with Crippen molar-refractivity contribution in [1.82, 2.24) is 4.31 Å². The summed E-state index contributed by atoms with van der Waals surface area (Å²) in [4.78, 5) is 0.373. The zero-order valence-corrected chi connectivity index (χ0v) is 12.5. The minimum absolute atomic E-state index is 0.208. The molecule has 1 aromatic rings. The second-order valence-electron chi connectivity index (χ2n) is 5.94. The lowest BCUT2D eigenvalue weighted by Gasteiger charge is -2.43. The van der Waals surface area contributed by atoms with Crippen LogP contribution in [0.3, 0.4) is 0 Å². The van der Waals surface area contributed by atoms with Crippen LogP contribution in [0.15, 0.2) is 29.2 Å². The highest BCUT2D eigenvalue weighted by atomic mass is 32.2. The maximum Gasteiger partial charge on any atom is 0.243 e. The zero-order chi connectivity index (χ0) is 14.2. The third kappa shape index (κ3) is 2.44. The number of benzene rings is 1. The first-order chi connectivity index (χ1) is 9.59. The number of rotatable bonds is 2. The second kappa shape index (κ2) is 5.37. The summed E-state index contributed by atoms with van der Waals surface area (Å²) in [7, 11) is -3.37. The number of sulfonamides is 1. The summed E-state index contributed by atoms with van der Waals surface area (Å²) in [5.74, 6) is 0.557. The largest absolute Gasteiger partial charge is 0.399 e. The Balaban J connectivity index is 1.91. The number of nitrogens with zero attached hydrogens (tertiary/aromatic N) is 1. The van der Waals surface area contributed by atoms with Crippen molar-refractivity contribution in [3.8, 4) is 0 Å². The van der Waals surface area contributed by atoms with E-state index in [1.807, 2.05) is 0 Å². The van der Waals surface area contributed by atoms with E-state index in [0.29, 0.717) is 23.0 Å². The SMILES string of the molecule is Nc1ccc(S(=O)(=O)N2CCC[C@H]3CCCC[C@H]32)cc1. The first kappa shape index (κ1) is 13.9. The van der Waals surface area contributed by atoms with Gasteiger partial charge in [-0.25, -0.2) is 8.42 Å². The van der Waals surface area contributed by atoms with Crippen molar-refractivity contribution in [2.45, 2.75) is 49.5 Å². The van der Waals surface area contributed by atoms with E-state index in [0.717, 1.165) is 19.3 Å². The fraction of sp³-hybridized carbons (Fsp3) is 0.600. The summed E-state index contributed by atoms with van der Waals surface area (Å²) in [6.07, 6.45) is 6.75. The van der Waals surface area contributed by atoms with Gasteiger partial charge in [-0.3, -0.25) is 0 Å². The normalized spacial score (nSPS) is 28.0. The van der Waals surface area contributed by atoms with Gasteiger partial charge in [0.25, 0.3) is 0 Å². The Kier molecular flexibility index (Phi) is 3.73. The highest BCUT2D eigenvalue weighted by molar-refractivity contribution is 7.89. The van der Waals surface area contributed by atoms with Crippen LogP contribution < -0.4 is 5.73 Å². The number of fused-ring (bicyclic) bond motifs is 1. The van der Waals surface area contributed by atoms with Crippen LogP contribution in [0.2, 0.25) is 0 Å². The van der Waals surface area contributed by atoms with Gasteiger partial charge < -0.3 is 5.73 Å². The number of hydrogen-bond acceptors (Lipinski definition) is 3. The van der Waals surface area contributed by atoms with Crippen molar-refractivity contribution in [1.29, 1.82) is 0 Å². The van der Waals surface area contributed by atoms with Gasteiger partial charge in [-0.2, -0.15) is 4.31 Å². The third-order valence-electron chi connectivity index (χ3n) is 4.68. The van der Waals surface area contributed by atoms with Crippen molar-refractivity contribution >= 4 is 15.7 Å². The van der Waals surface area contributed by atoms with Crippen molar-refractivity contribution in [3.05, 3.63) is 24.3 Å². The highest BCUT2D eigenvalue weighted by Crippen LogP contribution is 2.38. The minimum atomic E-state index is -3.37. The molecule has 2 N–H and O–H groups in total. The van der Waals surface area contributed by atoms with Gasteiger partial charge in [0, 0.05) is 18.3 Å². The molecule has 1 aliphatic heterocycles. The average Bonchev–Trinajstić information content (AvgIpc) is 2.47. The molecule has 2 fully saturated rings. The Bertz CT molecular complexity index is 566. The molecule has 20 heavy (non-hydrogen) atoms. The smallest absolute Gasteiger partial charge is 0.243 e. The Hall–Kier alpha value is -1.07. The molecule has 0 amide bonds. The third-order valence-corrected chi connectivity index (χ3v) is 6.62. The molecule has 0 radical (unpaired) electrons. The molecule has 4 nitrogen and oxygen atoms in total. The number of hydrogen-bond donors (Lipinski definition) is 1. The van der Waals surface area contributed by atoms with Gasteiger partial charge in [-0.15, -0.1) is 0 Å². The van der Waals surface area contributed by atoms with Crippen LogP contribution in [0.25, 0.3) is 0 Å². The second-order valence-corrected chi connectivity index (χ2v) is 7.83. The molecule has 2 atom stereocenters. The lowest BCUT2D eigenvalue weighted by molar-refractivity contribution is 0.129. The van der Waals surface area contributed by atoms with Crippen LogP contribution in [0.5, 0.6) is 0 Å². The summed E-state index contributed by atoms with van der Waals surface area (Å²) in [5, 5.41) is 0. The molecule has 3 rings (SSSR count). The van der Waals surface area contributed by atoms with E-state index in [1.54, 1.807) is 28.6 Å². The number of nitrogen functional groups attached to an aromatic ring is 1. The fourth-order valence-electron chi connectivity index (χ4n) is 3.65. The van der Waals surface area contributed by atoms with E-state index in [-0.39, 0.29) is 6.04 Å². The summed E-state index contributed by atoms with van der Waals surface area (Å²) < 4.78 is 27.4. The van der Waals surface area contributed by atoms with Crippen LogP contribution in [0.1, 0.15) is 38.5 Å². The number of nitrogens with two attached hydrogens (primary N) is 1. The average molecular weight is 294 g/mol. The van der Waals surface area contributed by atoms with Gasteiger partial charge >= 0.3 is 0 Å². The van der Waals surface area contributed by atoms with E-state index in [4.69, 9.17) is 5.73 Å². The number of piperidine rings is 1. The van der Waals surface area contributed by atoms with E-state index >= 15 is 0 Å². The van der Waals surface area contributed by atoms with E-state index in [9.17, 15) is 8.42 Å². The van der Waals surface area contributed by atoms with Gasteiger partial charge in [-0.05, 0) is 55.9 Å². The van der Waals surface area contributed by atoms with Crippen molar-refractivity contribution in [2.75, 3.05) is 12.3 Å². The van der Waals surface area contributed by atoms with Gasteiger partial charge in [0.15, 0.2) is 0 Å². The molecule has 1 saturated carbocycles. The molecule has 1 saturated heterocycles. The topological polar surface area (TPSA) is 63.4 Å². The quantitative estimate of drug-likeness (QED) is 0.853. The lowest BCUT2D eigenvalue weighted by atomic mass is 9.79. The van der Waals surface area contributed by atoms with Crippen molar-refractivity contribution in [3.63, 3.8) is 0 Å². The summed E-state index contributed by atoms with van der Waals surface area (Å²) in [6, 6.07) is 6.78. The van der Waals surface area contributed by atoms with Gasteiger partial charge in [0.1, 0.15) is 0 Å². The minimum Gasteiger partial charge on any atom is -0.399 e. The lowest BCUT2D eigenvalue weighted by Crippen LogP contribution is -2.49. The molecule has 0 unspecified atom stereocenters. The zero-order valence-electron chi connectivity index (χ0n) is 11.7. The molecule has 1 heterocycles. The maximum atomic E-state index is 12.8. The van der Waals surface area contributed by atoms with Crippen LogP contribution >= 0.6 is 0 Å². The molecular weight excluding hydrogens is 272 g/mol. The first-order valence-corrected chi connectivity index (χ1v) is 8.90. The van der Waals surface area contributed by atoms with Gasteiger partial charge in [0.2, 0.25) is 10.0 Å². The van der Waals surface area contributed by atoms with Gasteiger partial charge in [-0.1, -0.05) is 12.8 Å². The maximum absolute atomic E-state index is 12.8.